The van der Waals surface area contributed by atoms with Crippen molar-refractivity contribution in [3.05, 3.63) is 41.8 Å². The second kappa shape index (κ2) is 9.67. The topological polar surface area (TPSA) is 67.2 Å². The molecule has 0 aliphatic carbocycles. The Morgan fingerprint density at radius 1 is 1.38 bits per heavy atom. The first kappa shape index (κ1) is 20.5. The Balaban J connectivity index is 0.00000144. The van der Waals surface area contributed by atoms with E-state index in [-0.39, 0.29) is 30.7 Å². The molecule has 5 nitrogen and oxygen atoms in total. The maximum absolute atomic E-state index is 12.2. The predicted molar refractivity (Wildman–Crippen MR) is 99.1 cm³/mol. The van der Waals surface area contributed by atoms with E-state index in [0.29, 0.717) is 29.5 Å². The molecule has 0 saturated carbocycles. The zero-order valence-corrected chi connectivity index (χ0v) is 15.2. The molecule has 3 heterocycles. The standard InChI is InChI=1S/C17H21N3O2.2ClH/c1-12-14(4-5-15(20-12)16-3-2-10-22-16)17(21)19-9-7-13-6-8-18-11-13;;/h2-5,10,13,18H,6-9,11H2,1H3,(H,19,21);2*1H. The Labute approximate surface area is 154 Å². The minimum Gasteiger partial charge on any atom is -0.463 e. The second-order valence-electron chi connectivity index (χ2n) is 5.71. The van der Waals surface area contributed by atoms with Crippen LogP contribution in [0.15, 0.2) is 34.9 Å². The molecular formula is C17H23Cl2N3O2. The summed E-state index contributed by atoms with van der Waals surface area (Å²) in [6.45, 7) is 4.72. The zero-order valence-electron chi connectivity index (χ0n) is 13.6. The van der Waals surface area contributed by atoms with Gasteiger partial charge in [-0.05, 0) is 63.0 Å². The highest BCUT2D eigenvalue weighted by Gasteiger charge is 2.16. The third-order valence-corrected chi connectivity index (χ3v) is 4.10. The van der Waals surface area contributed by atoms with Crippen molar-refractivity contribution in [2.45, 2.75) is 19.8 Å². The summed E-state index contributed by atoms with van der Waals surface area (Å²) in [5, 5.41) is 6.33. The summed E-state index contributed by atoms with van der Waals surface area (Å²) in [7, 11) is 0. The highest BCUT2D eigenvalue weighted by molar-refractivity contribution is 5.95. The number of hydrogen-bond acceptors (Lipinski definition) is 4. The average molecular weight is 372 g/mol. The molecule has 132 valence electrons. The van der Waals surface area contributed by atoms with Gasteiger partial charge in [0, 0.05) is 6.54 Å². The summed E-state index contributed by atoms with van der Waals surface area (Å²) >= 11 is 0. The van der Waals surface area contributed by atoms with E-state index < -0.39 is 0 Å². The minimum atomic E-state index is -0.0537. The monoisotopic (exact) mass is 371 g/mol. The molecule has 0 bridgehead atoms. The lowest BCUT2D eigenvalue weighted by Gasteiger charge is -2.10. The van der Waals surface area contributed by atoms with Crippen molar-refractivity contribution in [1.29, 1.82) is 0 Å². The van der Waals surface area contributed by atoms with E-state index in [0.717, 1.165) is 25.2 Å². The molecule has 3 rings (SSSR count). The van der Waals surface area contributed by atoms with Crippen LogP contribution in [0.2, 0.25) is 0 Å². The van der Waals surface area contributed by atoms with E-state index >= 15 is 0 Å². The first-order valence-electron chi connectivity index (χ1n) is 7.74. The molecule has 1 aliphatic heterocycles. The number of furan rings is 1. The Morgan fingerprint density at radius 3 is 2.83 bits per heavy atom. The molecule has 2 aromatic rings. The number of pyridine rings is 1. The number of nitrogens with one attached hydrogen (secondary N) is 2. The fourth-order valence-corrected chi connectivity index (χ4v) is 2.81. The molecule has 2 N–H and O–H groups in total. The van der Waals surface area contributed by atoms with E-state index in [2.05, 4.69) is 15.6 Å². The number of carbonyl (C=O) groups is 1. The molecule has 7 heteroatoms. The van der Waals surface area contributed by atoms with Crippen molar-refractivity contribution in [1.82, 2.24) is 15.6 Å². The summed E-state index contributed by atoms with van der Waals surface area (Å²) in [6, 6.07) is 7.32. The van der Waals surface area contributed by atoms with Crippen LogP contribution in [0.5, 0.6) is 0 Å². The van der Waals surface area contributed by atoms with E-state index in [1.54, 1.807) is 6.26 Å². The molecule has 24 heavy (non-hydrogen) atoms. The molecule has 2 aromatic heterocycles. The van der Waals surface area contributed by atoms with Crippen molar-refractivity contribution < 1.29 is 9.21 Å². The molecular weight excluding hydrogens is 349 g/mol. The van der Waals surface area contributed by atoms with Crippen molar-refractivity contribution in [3.8, 4) is 11.5 Å². The van der Waals surface area contributed by atoms with Crippen molar-refractivity contribution in [2.24, 2.45) is 5.92 Å². The van der Waals surface area contributed by atoms with Crippen LogP contribution in [0.4, 0.5) is 0 Å². The summed E-state index contributed by atoms with van der Waals surface area (Å²) in [5.74, 6) is 1.34. The number of carbonyl (C=O) groups excluding carboxylic acids is 1. The zero-order chi connectivity index (χ0) is 15.4. The third-order valence-electron chi connectivity index (χ3n) is 4.10. The van der Waals surface area contributed by atoms with Crippen molar-refractivity contribution in [2.75, 3.05) is 19.6 Å². The molecule has 1 saturated heterocycles. The highest BCUT2D eigenvalue weighted by atomic mass is 35.5. The number of aryl methyl sites for hydroxylation is 1. The lowest BCUT2D eigenvalue weighted by Crippen LogP contribution is -2.27. The Morgan fingerprint density at radius 2 is 2.21 bits per heavy atom. The Bertz CT molecular complexity index is 641. The number of halogens is 2. The Hall–Kier alpha value is -1.56. The van der Waals surface area contributed by atoms with Crippen LogP contribution >= 0.6 is 24.8 Å². The number of hydrogen-bond donors (Lipinski definition) is 2. The Kier molecular flexibility index (Phi) is 8.25. The molecule has 0 spiro atoms. The van der Waals surface area contributed by atoms with Gasteiger partial charge in [0.05, 0.1) is 17.5 Å². The summed E-state index contributed by atoms with van der Waals surface area (Å²) < 4.78 is 5.33. The van der Waals surface area contributed by atoms with Crippen LogP contribution < -0.4 is 10.6 Å². The number of aromatic nitrogens is 1. The van der Waals surface area contributed by atoms with Crippen molar-refractivity contribution >= 4 is 30.7 Å². The van der Waals surface area contributed by atoms with Gasteiger partial charge in [0.15, 0.2) is 5.76 Å². The SMILES string of the molecule is Cc1nc(-c2ccco2)ccc1C(=O)NCCC1CCNC1.Cl.Cl. The fraction of sp³-hybridized carbons (Fsp3) is 0.412. The summed E-state index contributed by atoms with van der Waals surface area (Å²) in [4.78, 5) is 16.7. The van der Waals surface area contributed by atoms with Gasteiger partial charge in [-0.2, -0.15) is 0 Å². The van der Waals surface area contributed by atoms with Crippen LogP contribution in [0, 0.1) is 12.8 Å². The van der Waals surface area contributed by atoms with Gasteiger partial charge in [-0.1, -0.05) is 0 Å². The number of rotatable bonds is 5. The van der Waals surface area contributed by atoms with Crippen molar-refractivity contribution in [3.63, 3.8) is 0 Å². The molecule has 1 atom stereocenters. The van der Waals surface area contributed by atoms with E-state index in [9.17, 15) is 4.79 Å². The summed E-state index contributed by atoms with van der Waals surface area (Å²) in [5.41, 5.74) is 2.09. The normalized spacial score (nSPS) is 16.1. The smallest absolute Gasteiger partial charge is 0.253 e. The average Bonchev–Trinajstić information content (AvgIpc) is 3.20. The second-order valence-corrected chi connectivity index (χ2v) is 5.71. The molecule has 0 aromatic carbocycles. The number of amides is 1. The largest absolute Gasteiger partial charge is 0.463 e. The molecule has 1 aliphatic rings. The first-order valence-corrected chi connectivity index (χ1v) is 7.74. The predicted octanol–water partition coefficient (Wildman–Crippen LogP) is 3.22. The third kappa shape index (κ3) is 4.97. The number of nitrogens with zero attached hydrogens (tertiary/aromatic N) is 1. The van der Waals surface area contributed by atoms with E-state index in [1.807, 2.05) is 31.2 Å². The molecule has 1 amide bonds. The quantitative estimate of drug-likeness (QED) is 0.846. The van der Waals surface area contributed by atoms with Crippen LogP contribution in [0.1, 0.15) is 28.9 Å². The maximum Gasteiger partial charge on any atom is 0.253 e. The van der Waals surface area contributed by atoms with Crippen LogP contribution in [-0.2, 0) is 0 Å². The van der Waals surface area contributed by atoms with Gasteiger partial charge in [-0.25, -0.2) is 4.98 Å². The van der Waals surface area contributed by atoms with Gasteiger partial charge in [0.25, 0.3) is 5.91 Å². The molecule has 1 unspecified atom stereocenters. The van der Waals surface area contributed by atoms with Crippen LogP contribution in [0.3, 0.4) is 0 Å². The maximum atomic E-state index is 12.2. The lowest BCUT2D eigenvalue weighted by atomic mass is 10.1. The molecule has 1 fully saturated rings. The first-order chi connectivity index (χ1) is 10.7. The summed E-state index contributed by atoms with van der Waals surface area (Å²) in [6.07, 6.45) is 3.84. The van der Waals surface area contributed by atoms with Gasteiger partial charge >= 0.3 is 0 Å². The van der Waals surface area contributed by atoms with E-state index in [1.165, 1.54) is 6.42 Å². The lowest BCUT2D eigenvalue weighted by molar-refractivity contribution is 0.0950. The highest BCUT2D eigenvalue weighted by Crippen LogP contribution is 2.19. The fourth-order valence-electron chi connectivity index (χ4n) is 2.81. The van der Waals surface area contributed by atoms with Gasteiger partial charge in [-0.3, -0.25) is 4.79 Å². The van der Waals surface area contributed by atoms with E-state index in [4.69, 9.17) is 4.42 Å². The van der Waals surface area contributed by atoms with Crippen LogP contribution in [-0.4, -0.2) is 30.5 Å². The van der Waals surface area contributed by atoms with Crippen LogP contribution in [0.25, 0.3) is 11.5 Å². The van der Waals surface area contributed by atoms with Gasteiger partial charge in [-0.15, -0.1) is 24.8 Å². The minimum absolute atomic E-state index is 0. The van der Waals surface area contributed by atoms with Gasteiger partial charge in [0.2, 0.25) is 0 Å². The molecule has 0 radical (unpaired) electrons. The van der Waals surface area contributed by atoms with Gasteiger partial charge < -0.3 is 15.1 Å². The van der Waals surface area contributed by atoms with Gasteiger partial charge in [0.1, 0.15) is 5.69 Å².